The molecular formula is C38H39N7O5. The second-order valence-electron chi connectivity index (χ2n) is 12.5. The summed E-state index contributed by atoms with van der Waals surface area (Å²) in [5.41, 5.74) is 6.52. The summed E-state index contributed by atoms with van der Waals surface area (Å²) in [6.45, 7) is -0.0414. The number of hydrogen-bond acceptors (Lipinski definition) is 9. The van der Waals surface area contributed by atoms with E-state index in [-0.39, 0.29) is 44.6 Å². The minimum Gasteiger partial charge on any atom is -0.508 e. The average Bonchev–Trinajstić information content (AvgIpc) is 3.83. The Hall–Kier alpha value is -5.59. The van der Waals surface area contributed by atoms with Crippen LogP contribution in [0.25, 0.3) is 44.9 Å². The summed E-state index contributed by atoms with van der Waals surface area (Å²) < 4.78 is 8.69. The van der Waals surface area contributed by atoms with Gasteiger partial charge in [-0.3, -0.25) is 4.79 Å². The van der Waals surface area contributed by atoms with Gasteiger partial charge in [-0.1, -0.05) is 37.5 Å². The molecule has 4 aromatic carbocycles. The summed E-state index contributed by atoms with van der Waals surface area (Å²) in [7, 11) is 0. The van der Waals surface area contributed by atoms with Gasteiger partial charge in [0.1, 0.15) is 23.9 Å². The first kappa shape index (κ1) is 32.9. The lowest BCUT2D eigenvalue weighted by atomic mass is 9.95. The fraction of sp³-hybridized carbons (Fsp3) is 0.289. The molecule has 0 spiro atoms. The molecule has 256 valence electrons. The van der Waals surface area contributed by atoms with Gasteiger partial charge in [0.15, 0.2) is 0 Å². The van der Waals surface area contributed by atoms with Gasteiger partial charge in [0.2, 0.25) is 5.82 Å². The van der Waals surface area contributed by atoms with E-state index in [0.717, 1.165) is 57.5 Å². The van der Waals surface area contributed by atoms with Gasteiger partial charge in [0, 0.05) is 35.8 Å². The van der Waals surface area contributed by atoms with Gasteiger partial charge in [-0.05, 0) is 101 Å². The number of fused-ring (bicyclic) bond motifs is 1. The van der Waals surface area contributed by atoms with E-state index in [4.69, 9.17) is 9.72 Å². The minimum atomic E-state index is -0.300. The molecule has 12 nitrogen and oxygen atoms in total. The largest absolute Gasteiger partial charge is 0.508 e. The smallest absolute Gasteiger partial charge is 0.254 e. The minimum absolute atomic E-state index is 0.112. The average molecular weight is 674 g/mol. The van der Waals surface area contributed by atoms with Gasteiger partial charge in [-0.2, -0.15) is 5.21 Å². The van der Waals surface area contributed by atoms with Gasteiger partial charge in [0.05, 0.1) is 24.2 Å². The topological polar surface area (TPSA) is 163 Å². The Kier molecular flexibility index (Phi) is 9.81. The lowest BCUT2D eigenvalue weighted by Gasteiger charge is -2.25. The predicted octanol–water partition coefficient (Wildman–Crippen LogP) is 5.77. The zero-order valence-electron chi connectivity index (χ0n) is 27.6. The predicted molar refractivity (Wildman–Crippen MR) is 188 cm³/mol. The number of imidazole rings is 1. The van der Waals surface area contributed by atoms with E-state index in [1.807, 2.05) is 48.5 Å². The zero-order chi connectivity index (χ0) is 34.5. The number of ether oxygens (including phenoxy) is 1. The summed E-state index contributed by atoms with van der Waals surface area (Å²) in [6, 6.07) is 26.6. The number of aliphatic hydroxyl groups excluding tert-OH is 2. The normalized spacial score (nSPS) is 13.5. The number of aromatic amines is 1. The number of nitrogens with one attached hydrogen (secondary N) is 1. The molecule has 1 aliphatic rings. The fourth-order valence-electron chi connectivity index (χ4n) is 6.84. The third-order valence-corrected chi connectivity index (χ3v) is 9.28. The van der Waals surface area contributed by atoms with Crippen molar-refractivity contribution in [1.82, 2.24) is 35.1 Å². The molecule has 0 unspecified atom stereocenters. The van der Waals surface area contributed by atoms with Crippen LogP contribution in [-0.2, 0) is 6.61 Å². The molecule has 7 rings (SSSR count). The third kappa shape index (κ3) is 6.93. The van der Waals surface area contributed by atoms with Crippen molar-refractivity contribution in [3.05, 3.63) is 96.1 Å². The van der Waals surface area contributed by atoms with Gasteiger partial charge >= 0.3 is 0 Å². The molecule has 50 heavy (non-hydrogen) atoms. The molecule has 0 bridgehead atoms. The van der Waals surface area contributed by atoms with Crippen molar-refractivity contribution in [2.75, 3.05) is 26.3 Å². The molecule has 1 amide bonds. The Morgan fingerprint density at radius 3 is 2.38 bits per heavy atom. The van der Waals surface area contributed by atoms with E-state index in [0.29, 0.717) is 23.2 Å². The number of tetrazole rings is 1. The Labute approximate surface area is 289 Å². The molecule has 1 saturated carbocycles. The maximum atomic E-state index is 13.3. The van der Waals surface area contributed by atoms with Crippen LogP contribution in [-0.4, -0.2) is 82.6 Å². The van der Waals surface area contributed by atoms with Crippen molar-refractivity contribution in [3.63, 3.8) is 0 Å². The van der Waals surface area contributed by atoms with E-state index in [1.54, 1.807) is 30.3 Å². The zero-order valence-corrected chi connectivity index (χ0v) is 27.6. The van der Waals surface area contributed by atoms with Gasteiger partial charge in [-0.15, -0.1) is 10.2 Å². The highest BCUT2D eigenvalue weighted by Gasteiger charge is 2.23. The highest BCUT2D eigenvalue weighted by atomic mass is 16.5. The van der Waals surface area contributed by atoms with E-state index in [1.165, 1.54) is 24.2 Å². The number of aromatic nitrogens is 6. The second-order valence-corrected chi connectivity index (χ2v) is 12.5. The van der Waals surface area contributed by atoms with Crippen LogP contribution in [0.5, 0.6) is 11.5 Å². The Morgan fingerprint density at radius 1 is 0.880 bits per heavy atom. The first-order valence-electron chi connectivity index (χ1n) is 16.9. The summed E-state index contributed by atoms with van der Waals surface area (Å²) >= 11 is 0. The van der Waals surface area contributed by atoms with Crippen LogP contribution in [0, 0.1) is 0 Å². The molecular weight excluding hydrogens is 634 g/mol. The molecule has 1 aliphatic carbocycles. The van der Waals surface area contributed by atoms with Crippen LogP contribution in [0.2, 0.25) is 0 Å². The third-order valence-electron chi connectivity index (χ3n) is 9.28. The van der Waals surface area contributed by atoms with Crippen molar-refractivity contribution >= 4 is 16.9 Å². The quantitative estimate of drug-likeness (QED) is 0.126. The number of nitrogens with zero attached hydrogens (tertiary/aromatic N) is 6. The molecule has 4 N–H and O–H groups in total. The molecule has 0 saturated heterocycles. The summed E-state index contributed by atoms with van der Waals surface area (Å²) in [4.78, 5) is 19.9. The van der Waals surface area contributed by atoms with Crippen molar-refractivity contribution in [1.29, 1.82) is 0 Å². The first-order chi connectivity index (χ1) is 24.5. The van der Waals surface area contributed by atoms with Crippen LogP contribution >= 0.6 is 0 Å². The Balaban J connectivity index is 1.18. The van der Waals surface area contributed by atoms with Gasteiger partial charge in [-0.25, -0.2) is 4.98 Å². The van der Waals surface area contributed by atoms with Crippen LogP contribution in [0.1, 0.15) is 54.1 Å². The number of aromatic hydroxyl groups is 1. The molecule has 0 radical (unpaired) electrons. The molecule has 0 atom stereocenters. The van der Waals surface area contributed by atoms with E-state index >= 15 is 0 Å². The molecule has 2 heterocycles. The number of carbonyl (C=O) groups is 1. The summed E-state index contributed by atoms with van der Waals surface area (Å²) in [6.07, 6.45) is 5.84. The van der Waals surface area contributed by atoms with Gasteiger partial charge < -0.3 is 29.5 Å². The van der Waals surface area contributed by atoms with Crippen molar-refractivity contribution < 1.29 is 24.9 Å². The fourth-order valence-corrected chi connectivity index (χ4v) is 6.84. The highest BCUT2D eigenvalue weighted by molar-refractivity contribution is 5.95. The van der Waals surface area contributed by atoms with Crippen LogP contribution < -0.4 is 4.74 Å². The number of carbonyl (C=O) groups excluding carboxylic acids is 1. The van der Waals surface area contributed by atoms with E-state index in [9.17, 15) is 20.1 Å². The lowest BCUT2D eigenvalue weighted by molar-refractivity contribution is 0.0684. The number of rotatable bonds is 12. The Morgan fingerprint density at radius 2 is 1.66 bits per heavy atom. The van der Waals surface area contributed by atoms with Gasteiger partial charge in [0.25, 0.3) is 5.91 Å². The lowest BCUT2D eigenvalue weighted by Crippen LogP contribution is -2.35. The van der Waals surface area contributed by atoms with Crippen LogP contribution in [0.3, 0.4) is 0 Å². The number of benzene rings is 4. The number of aliphatic hydroxyl groups is 2. The second kappa shape index (κ2) is 14.9. The maximum Gasteiger partial charge on any atom is 0.254 e. The van der Waals surface area contributed by atoms with Crippen LogP contribution in [0.4, 0.5) is 0 Å². The summed E-state index contributed by atoms with van der Waals surface area (Å²) in [5, 5.41) is 43.6. The number of phenolic OH excluding ortho intramolecular Hbond substituents is 1. The van der Waals surface area contributed by atoms with Crippen LogP contribution in [0.15, 0.2) is 84.9 Å². The standard InChI is InChI=1S/C38H39N7O5/c46-19-17-44(18-20-47)38(49)28-11-15-33(26-5-4-8-31(48)22-26)29(21-28)24-50-32-13-9-25(10-14-32)37-39-34-23-27(36-40-42-43-41-36)12-16-35(34)45(37)30-6-2-1-3-7-30/h4-5,8-16,21-23,30,46-48H,1-3,6-7,17-20,24H2,(H,40,41,42,43). The molecule has 12 heteroatoms. The number of hydrogen-bond donors (Lipinski definition) is 4. The molecule has 6 aromatic rings. The maximum absolute atomic E-state index is 13.3. The Bertz CT molecular complexity index is 2070. The molecule has 0 aliphatic heterocycles. The molecule has 1 fully saturated rings. The highest BCUT2D eigenvalue weighted by Crippen LogP contribution is 2.37. The van der Waals surface area contributed by atoms with Crippen molar-refractivity contribution in [3.8, 4) is 45.4 Å². The van der Waals surface area contributed by atoms with Crippen molar-refractivity contribution in [2.24, 2.45) is 0 Å². The van der Waals surface area contributed by atoms with E-state index < -0.39 is 0 Å². The molecule has 2 aromatic heterocycles. The monoisotopic (exact) mass is 673 g/mol. The summed E-state index contributed by atoms with van der Waals surface area (Å²) in [5.74, 6) is 1.90. The number of amides is 1. The van der Waals surface area contributed by atoms with Crippen molar-refractivity contribution in [2.45, 2.75) is 44.8 Å². The van der Waals surface area contributed by atoms with E-state index in [2.05, 4.69) is 31.3 Å². The number of phenols is 1. The SMILES string of the molecule is O=C(c1ccc(-c2cccc(O)c2)c(COc2ccc(-c3nc4cc(-c5nn[nH]n5)ccc4n3C3CCCCC3)cc2)c1)N(CCO)CCO. The number of H-pyrrole nitrogens is 1. The first-order valence-corrected chi connectivity index (χ1v) is 16.9.